The Balaban J connectivity index is 2.41. The molecule has 0 spiro atoms. The Labute approximate surface area is 242 Å². The van der Waals surface area contributed by atoms with Crippen LogP contribution in [0.4, 0.5) is 0 Å². The number of halogens is 3. The van der Waals surface area contributed by atoms with Crippen LogP contribution in [0, 0.1) is 5.41 Å². The molecule has 2 rings (SSSR count). The Hall–Kier alpha value is -2.59. The number of hydrogen-bond acceptors (Lipinski definition) is 14. The van der Waals surface area contributed by atoms with E-state index in [0.29, 0.717) is 0 Å². The molecule has 2 heterocycles. The third kappa shape index (κ3) is 10.1. The van der Waals surface area contributed by atoms with Crippen LogP contribution >= 0.6 is 34.8 Å². The summed E-state index contributed by atoms with van der Waals surface area (Å²) in [5.74, 6) is -3.77. The standard InChI is InChI=1S/C21H27Cl3N4O12/c1-8(29)33-7-14-17(18(36-11(4)32)19(38-14)40-20(25)21(22,23)24)39-15-5-12(34-9(2)30)16(35-10(3)31)13(37-15)6-27-28-26/h12-19,25H,5-7H2,1-4H3/t12-,13+,14-,15-,16+,17-,18-,19?/m1/s1. The molecule has 0 bridgehead atoms. The molecule has 2 saturated heterocycles. The Morgan fingerprint density at radius 1 is 0.900 bits per heavy atom. The van der Waals surface area contributed by atoms with Crippen molar-refractivity contribution in [3.05, 3.63) is 10.4 Å². The zero-order chi connectivity index (χ0) is 30.2. The molecule has 0 amide bonds. The maximum Gasteiger partial charge on any atom is 0.303 e. The first-order valence-electron chi connectivity index (χ1n) is 11.6. The van der Waals surface area contributed by atoms with Gasteiger partial charge in [-0.05, 0) is 5.53 Å². The molecule has 8 atom stereocenters. The fourth-order valence-electron chi connectivity index (χ4n) is 3.87. The molecular weight excluding hydrogens is 607 g/mol. The van der Waals surface area contributed by atoms with Crippen LogP contribution in [0.1, 0.15) is 34.1 Å². The lowest BCUT2D eigenvalue weighted by Gasteiger charge is -2.41. The van der Waals surface area contributed by atoms with Crippen LogP contribution in [0.5, 0.6) is 0 Å². The maximum atomic E-state index is 11.9. The molecule has 2 fully saturated rings. The maximum absolute atomic E-state index is 11.9. The third-order valence-corrected chi connectivity index (χ3v) is 5.76. The summed E-state index contributed by atoms with van der Waals surface area (Å²) < 4.78 is 41.6. The van der Waals surface area contributed by atoms with Gasteiger partial charge in [0.2, 0.25) is 12.2 Å². The summed E-state index contributed by atoms with van der Waals surface area (Å²) in [5.41, 5.74) is 8.80. The number of nitrogens with zero attached hydrogens (tertiary/aromatic N) is 3. The van der Waals surface area contributed by atoms with Gasteiger partial charge in [0.05, 0.1) is 6.54 Å². The van der Waals surface area contributed by atoms with E-state index in [0.717, 1.165) is 27.7 Å². The molecule has 0 aliphatic carbocycles. The number of alkyl halides is 3. The monoisotopic (exact) mass is 632 g/mol. The molecule has 40 heavy (non-hydrogen) atoms. The molecule has 1 unspecified atom stereocenters. The smallest absolute Gasteiger partial charge is 0.303 e. The van der Waals surface area contributed by atoms with Crippen molar-refractivity contribution in [1.82, 2.24) is 0 Å². The molecule has 1 N–H and O–H groups in total. The van der Waals surface area contributed by atoms with Gasteiger partial charge in [0.15, 0.2) is 18.5 Å². The van der Waals surface area contributed by atoms with Gasteiger partial charge < -0.3 is 37.9 Å². The lowest BCUT2D eigenvalue weighted by molar-refractivity contribution is -0.278. The lowest BCUT2D eigenvalue weighted by atomic mass is 10.0. The van der Waals surface area contributed by atoms with Gasteiger partial charge >= 0.3 is 23.9 Å². The van der Waals surface area contributed by atoms with Gasteiger partial charge in [0.1, 0.15) is 31.0 Å². The predicted molar refractivity (Wildman–Crippen MR) is 133 cm³/mol. The van der Waals surface area contributed by atoms with Gasteiger partial charge in [-0.15, -0.1) is 0 Å². The lowest BCUT2D eigenvalue weighted by Crippen LogP contribution is -2.55. The van der Waals surface area contributed by atoms with Crippen molar-refractivity contribution >= 4 is 64.6 Å². The number of esters is 4. The van der Waals surface area contributed by atoms with E-state index in [1.54, 1.807) is 0 Å². The van der Waals surface area contributed by atoms with Crippen molar-refractivity contribution in [3.63, 3.8) is 0 Å². The molecule has 16 nitrogen and oxygen atoms in total. The van der Waals surface area contributed by atoms with Crippen molar-refractivity contribution in [2.75, 3.05) is 13.2 Å². The van der Waals surface area contributed by atoms with Crippen molar-refractivity contribution in [3.8, 4) is 0 Å². The molecule has 0 aromatic carbocycles. The van der Waals surface area contributed by atoms with Crippen molar-refractivity contribution in [2.45, 2.75) is 87.1 Å². The molecule has 224 valence electrons. The van der Waals surface area contributed by atoms with Gasteiger partial charge in [-0.1, -0.05) is 39.9 Å². The molecule has 0 aromatic heterocycles. The minimum absolute atomic E-state index is 0.205. The van der Waals surface area contributed by atoms with Gasteiger partial charge in [0, 0.05) is 39.0 Å². The molecule has 2 aliphatic rings. The van der Waals surface area contributed by atoms with Gasteiger partial charge in [-0.2, -0.15) is 0 Å². The summed E-state index contributed by atoms with van der Waals surface area (Å²) in [7, 11) is 0. The summed E-state index contributed by atoms with van der Waals surface area (Å²) in [4.78, 5) is 49.6. The minimum atomic E-state index is -2.29. The Morgan fingerprint density at radius 2 is 1.50 bits per heavy atom. The zero-order valence-corrected chi connectivity index (χ0v) is 23.9. The molecule has 19 heteroatoms. The second-order valence-corrected chi connectivity index (χ2v) is 10.7. The van der Waals surface area contributed by atoms with Crippen LogP contribution in [0.15, 0.2) is 5.11 Å². The summed E-state index contributed by atoms with van der Waals surface area (Å²) in [6, 6.07) is 0. The highest BCUT2D eigenvalue weighted by molar-refractivity contribution is 6.76. The van der Waals surface area contributed by atoms with E-state index in [9.17, 15) is 19.2 Å². The number of hydrogen-bond donors (Lipinski definition) is 1. The number of rotatable bonds is 10. The van der Waals surface area contributed by atoms with Crippen LogP contribution in [0.2, 0.25) is 0 Å². The van der Waals surface area contributed by atoms with E-state index in [1.807, 2.05) is 0 Å². The normalized spacial score (nSPS) is 29.9. The Kier molecular flexibility index (Phi) is 12.5. The van der Waals surface area contributed by atoms with E-state index < -0.39 is 89.4 Å². The SMILES string of the molecule is CC(=O)OC[C@H]1OC(OC(=N)C(Cl)(Cl)Cl)[C@H](OC(C)=O)[C@@H]1O[C@@H]1C[C@@H](OC(C)=O)[C@H](OC(C)=O)[C@H](CN=[N+]=[N-])O1. The fraction of sp³-hybridized carbons (Fsp3) is 0.762. The Morgan fingerprint density at radius 3 is 2.02 bits per heavy atom. The summed E-state index contributed by atoms with van der Waals surface area (Å²) >= 11 is 17.1. The highest BCUT2D eigenvalue weighted by Gasteiger charge is 2.53. The summed E-state index contributed by atoms with van der Waals surface area (Å²) in [6.07, 6.45) is -10.3. The second-order valence-electron chi connectivity index (χ2n) is 8.44. The van der Waals surface area contributed by atoms with Crippen LogP contribution in [-0.4, -0.2) is 95.9 Å². The molecule has 0 aromatic rings. The number of ether oxygens (including phenoxy) is 8. The molecule has 2 aliphatic heterocycles. The summed E-state index contributed by atoms with van der Waals surface area (Å²) in [6.45, 7) is 3.73. The van der Waals surface area contributed by atoms with E-state index in [4.69, 9.17) is 83.6 Å². The first-order valence-corrected chi connectivity index (χ1v) is 12.7. The van der Waals surface area contributed by atoms with Gasteiger partial charge in [0.25, 0.3) is 3.79 Å². The van der Waals surface area contributed by atoms with E-state index >= 15 is 0 Å². The number of azide groups is 1. The van der Waals surface area contributed by atoms with Crippen molar-refractivity contribution < 1.29 is 57.1 Å². The van der Waals surface area contributed by atoms with Crippen LogP contribution in [0.3, 0.4) is 0 Å². The number of carbonyl (C=O) groups is 4. The first-order chi connectivity index (χ1) is 18.6. The quantitative estimate of drug-likeness (QED) is 0.0536. The van der Waals surface area contributed by atoms with Gasteiger partial charge in [-0.3, -0.25) is 24.6 Å². The van der Waals surface area contributed by atoms with E-state index in [-0.39, 0.29) is 13.0 Å². The highest BCUT2D eigenvalue weighted by Crippen LogP contribution is 2.36. The second kappa shape index (κ2) is 14.9. The molecular formula is C21H27Cl3N4O12. The van der Waals surface area contributed by atoms with Crippen molar-refractivity contribution in [2.24, 2.45) is 5.11 Å². The topological polar surface area (TPSA) is 215 Å². The molecule has 0 saturated carbocycles. The Bertz CT molecular complexity index is 1010. The van der Waals surface area contributed by atoms with Crippen LogP contribution in [-0.2, 0) is 57.1 Å². The highest BCUT2D eigenvalue weighted by atomic mass is 35.6. The third-order valence-electron chi connectivity index (χ3n) is 5.25. The molecule has 0 radical (unpaired) electrons. The predicted octanol–water partition coefficient (Wildman–Crippen LogP) is 2.24. The summed E-state index contributed by atoms with van der Waals surface area (Å²) in [5, 5.41) is 11.3. The number of carbonyl (C=O) groups excluding carboxylic acids is 4. The van der Waals surface area contributed by atoms with Crippen LogP contribution < -0.4 is 0 Å². The van der Waals surface area contributed by atoms with Crippen molar-refractivity contribution in [1.29, 1.82) is 5.41 Å². The largest absolute Gasteiger partial charge is 0.463 e. The first kappa shape index (κ1) is 33.6. The fourth-order valence-corrected chi connectivity index (χ4v) is 4.01. The van der Waals surface area contributed by atoms with E-state index in [2.05, 4.69) is 10.0 Å². The number of nitrogens with one attached hydrogen (secondary N) is 1. The minimum Gasteiger partial charge on any atom is -0.463 e. The van der Waals surface area contributed by atoms with Gasteiger partial charge in [-0.25, -0.2) is 0 Å². The average molecular weight is 634 g/mol. The van der Waals surface area contributed by atoms with Crippen LogP contribution in [0.25, 0.3) is 10.4 Å². The average Bonchev–Trinajstić information content (AvgIpc) is 3.12. The van der Waals surface area contributed by atoms with E-state index in [1.165, 1.54) is 0 Å². The zero-order valence-electron chi connectivity index (χ0n) is 21.6.